The molecule has 0 aliphatic carbocycles. The third-order valence-electron chi connectivity index (χ3n) is 2.25. The molecule has 0 aromatic heterocycles. The highest BCUT2D eigenvalue weighted by atomic mass is 32.2. The molecule has 0 fully saturated rings. The van der Waals surface area contributed by atoms with Crippen LogP contribution < -0.4 is 5.32 Å². The Morgan fingerprint density at radius 3 is 2.28 bits per heavy atom. The van der Waals surface area contributed by atoms with Crippen LogP contribution in [0.4, 0.5) is 18.9 Å². The van der Waals surface area contributed by atoms with Gasteiger partial charge in [-0.3, -0.25) is 4.55 Å². The molecule has 2 N–H and O–H groups in total. The van der Waals surface area contributed by atoms with E-state index in [1.807, 2.05) is 0 Å². The van der Waals surface area contributed by atoms with Crippen LogP contribution in [0.25, 0.3) is 0 Å². The standard InChI is InChI=1S/C9H11N.CHF3O3S/c1-2-6-9-8(4-1)5-3-7-10-9;2-1(3,4)8(5,6)7/h1-2,4,6,10H,3,5,7H2;(H,5,6,7). The lowest BCUT2D eigenvalue weighted by molar-refractivity contribution is -0.0510. The van der Waals surface area contributed by atoms with E-state index in [2.05, 4.69) is 29.6 Å². The van der Waals surface area contributed by atoms with E-state index >= 15 is 0 Å². The number of nitrogens with one attached hydrogen (secondary N) is 1. The molecule has 0 radical (unpaired) electrons. The van der Waals surface area contributed by atoms with Crippen LogP contribution in [-0.4, -0.2) is 25.0 Å². The van der Waals surface area contributed by atoms with Gasteiger partial charge in [0.25, 0.3) is 0 Å². The molecule has 102 valence electrons. The summed E-state index contributed by atoms with van der Waals surface area (Å²) in [5.41, 5.74) is -2.74. The van der Waals surface area contributed by atoms with Crippen molar-refractivity contribution >= 4 is 15.8 Å². The van der Waals surface area contributed by atoms with E-state index in [-0.39, 0.29) is 0 Å². The summed E-state index contributed by atoms with van der Waals surface area (Å²) in [4.78, 5) is 0. The number of benzene rings is 1. The van der Waals surface area contributed by atoms with Crippen molar-refractivity contribution in [3.05, 3.63) is 29.8 Å². The second-order valence-electron chi connectivity index (χ2n) is 3.61. The Kier molecular flexibility index (Phi) is 4.58. The number of para-hydroxylation sites is 1. The molecular formula is C10H12F3NO3S. The van der Waals surface area contributed by atoms with E-state index in [9.17, 15) is 13.2 Å². The van der Waals surface area contributed by atoms with Gasteiger partial charge in [0.2, 0.25) is 0 Å². The zero-order chi connectivity index (χ0) is 13.8. The van der Waals surface area contributed by atoms with Crippen LogP contribution in [0.1, 0.15) is 12.0 Å². The molecule has 8 heteroatoms. The minimum absolute atomic E-state index is 1.14. The minimum atomic E-state index is -5.84. The average Bonchev–Trinajstić information content (AvgIpc) is 2.27. The van der Waals surface area contributed by atoms with E-state index in [0.717, 1.165) is 6.54 Å². The first-order chi connectivity index (χ1) is 8.22. The van der Waals surface area contributed by atoms with E-state index in [4.69, 9.17) is 13.0 Å². The largest absolute Gasteiger partial charge is 0.522 e. The van der Waals surface area contributed by atoms with Crippen LogP contribution in [0.5, 0.6) is 0 Å². The van der Waals surface area contributed by atoms with Crippen molar-refractivity contribution in [2.24, 2.45) is 0 Å². The molecule has 1 aliphatic heterocycles. The summed E-state index contributed by atoms with van der Waals surface area (Å²) in [6, 6.07) is 8.53. The summed E-state index contributed by atoms with van der Waals surface area (Å²) in [5, 5.41) is 3.36. The highest BCUT2D eigenvalue weighted by Crippen LogP contribution is 2.21. The monoisotopic (exact) mass is 283 g/mol. The third kappa shape index (κ3) is 4.19. The number of fused-ring (bicyclic) bond motifs is 1. The van der Waals surface area contributed by atoms with Gasteiger partial charge in [-0.15, -0.1) is 0 Å². The fraction of sp³-hybridized carbons (Fsp3) is 0.400. The Morgan fingerprint density at radius 1 is 1.22 bits per heavy atom. The first-order valence-electron chi connectivity index (χ1n) is 5.07. The van der Waals surface area contributed by atoms with Crippen LogP contribution in [-0.2, 0) is 16.5 Å². The van der Waals surface area contributed by atoms with E-state index in [0.29, 0.717) is 0 Å². The highest BCUT2D eigenvalue weighted by molar-refractivity contribution is 7.86. The number of halogens is 3. The molecule has 18 heavy (non-hydrogen) atoms. The molecule has 0 saturated heterocycles. The van der Waals surface area contributed by atoms with Crippen molar-refractivity contribution in [2.45, 2.75) is 18.3 Å². The Labute approximate surface area is 103 Å². The second kappa shape index (κ2) is 5.57. The van der Waals surface area contributed by atoms with Gasteiger partial charge >= 0.3 is 15.6 Å². The zero-order valence-corrected chi connectivity index (χ0v) is 10.1. The number of aryl methyl sites for hydroxylation is 1. The van der Waals surface area contributed by atoms with Crippen molar-refractivity contribution in [3.8, 4) is 0 Å². The summed E-state index contributed by atoms with van der Waals surface area (Å²) >= 11 is 0. The van der Waals surface area contributed by atoms with Gasteiger partial charge in [0, 0.05) is 12.2 Å². The average molecular weight is 283 g/mol. The summed E-state index contributed by atoms with van der Waals surface area (Å²) in [5.74, 6) is 0. The number of anilines is 1. The summed E-state index contributed by atoms with van der Waals surface area (Å²) in [7, 11) is -5.84. The third-order valence-corrected chi connectivity index (χ3v) is 2.83. The van der Waals surface area contributed by atoms with Crippen LogP contribution in [0.2, 0.25) is 0 Å². The van der Waals surface area contributed by atoms with Crippen molar-refractivity contribution in [1.29, 1.82) is 0 Å². The van der Waals surface area contributed by atoms with Gasteiger partial charge in [-0.25, -0.2) is 0 Å². The predicted molar refractivity (Wildman–Crippen MR) is 60.9 cm³/mol. The Bertz CT molecular complexity index is 474. The molecule has 0 saturated carbocycles. The molecule has 2 rings (SSSR count). The molecule has 0 atom stereocenters. The van der Waals surface area contributed by atoms with E-state index in [1.54, 1.807) is 0 Å². The van der Waals surface area contributed by atoms with Crippen molar-refractivity contribution in [1.82, 2.24) is 0 Å². The summed E-state index contributed by atoms with van der Waals surface area (Å²) in [6.07, 6.45) is 2.51. The summed E-state index contributed by atoms with van der Waals surface area (Å²) in [6.45, 7) is 1.14. The molecule has 1 aromatic carbocycles. The van der Waals surface area contributed by atoms with Crippen LogP contribution in [0.3, 0.4) is 0 Å². The second-order valence-corrected chi connectivity index (χ2v) is 5.02. The van der Waals surface area contributed by atoms with Gasteiger partial charge in [0.15, 0.2) is 0 Å². The van der Waals surface area contributed by atoms with Crippen molar-refractivity contribution < 1.29 is 26.1 Å². The smallest absolute Gasteiger partial charge is 0.385 e. The number of rotatable bonds is 0. The topological polar surface area (TPSA) is 66.4 Å². The molecule has 4 nitrogen and oxygen atoms in total. The molecule has 0 bridgehead atoms. The Morgan fingerprint density at radius 2 is 1.78 bits per heavy atom. The molecule has 0 amide bonds. The lowest BCUT2D eigenvalue weighted by atomic mass is 10.0. The van der Waals surface area contributed by atoms with Gasteiger partial charge in [0.1, 0.15) is 0 Å². The maximum atomic E-state index is 10.7. The first kappa shape index (κ1) is 14.8. The minimum Gasteiger partial charge on any atom is -0.385 e. The lowest BCUT2D eigenvalue weighted by Gasteiger charge is -2.16. The zero-order valence-electron chi connectivity index (χ0n) is 9.24. The van der Waals surface area contributed by atoms with Crippen molar-refractivity contribution in [3.63, 3.8) is 0 Å². The van der Waals surface area contributed by atoms with E-state index < -0.39 is 15.6 Å². The summed E-state index contributed by atoms with van der Waals surface area (Å²) < 4.78 is 57.5. The van der Waals surface area contributed by atoms with Crippen LogP contribution >= 0.6 is 0 Å². The quantitative estimate of drug-likeness (QED) is 0.567. The number of hydrogen-bond donors (Lipinski definition) is 2. The maximum absolute atomic E-state index is 10.7. The number of hydrogen-bond acceptors (Lipinski definition) is 3. The molecule has 0 unspecified atom stereocenters. The maximum Gasteiger partial charge on any atom is 0.522 e. The van der Waals surface area contributed by atoms with Gasteiger partial charge in [-0.05, 0) is 24.5 Å². The van der Waals surface area contributed by atoms with Crippen LogP contribution in [0, 0.1) is 0 Å². The van der Waals surface area contributed by atoms with Gasteiger partial charge in [-0.2, -0.15) is 21.6 Å². The first-order valence-corrected chi connectivity index (χ1v) is 6.51. The SMILES string of the molecule is O=S(=O)(O)C(F)(F)F.c1ccc2c(c1)CCCN2. The lowest BCUT2D eigenvalue weighted by Crippen LogP contribution is -2.21. The molecule has 0 spiro atoms. The van der Waals surface area contributed by atoms with Gasteiger partial charge in [-0.1, -0.05) is 18.2 Å². The van der Waals surface area contributed by atoms with E-state index in [1.165, 1.54) is 24.1 Å². The normalized spacial score (nSPS) is 14.9. The number of alkyl halides is 3. The highest BCUT2D eigenvalue weighted by Gasteiger charge is 2.44. The van der Waals surface area contributed by atoms with Crippen molar-refractivity contribution in [2.75, 3.05) is 11.9 Å². The fourth-order valence-corrected chi connectivity index (χ4v) is 1.41. The predicted octanol–water partition coefficient (Wildman–Crippen LogP) is 2.44. The molecule has 1 aliphatic rings. The molecule has 1 aromatic rings. The fourth-order valence-electron chi connectivity index (χ4n) is 1.41. The molecule has 1 heterocycles. The Hall–Kier alpha value is -1.28. The van der Waals surface area contributed by atoms with Crippen LogP contribution in [0.15, 0.2) is 24.3 Å². The van der Waals surface area contributed by atoms with Gasteiger partial charge < -0.3 is 5.32 Å². The van der Waals surface area contributed by atoms with Gasteiger partial charge in [0.05, 0.1) is 0 Å². The Balaban J connectivity index is 0.000000187. The molecular weight excluding hydrogens is 271 g/mol.